The molecule has 1 aliphatic rings. The minimum absolute atomic E-state index is 0.000195. The molecule has 0 atom stereocenters. The standard InChI is InChI=1S/C12H25N3O/c1-12(2,9-13)10-14(3)11(16)15-7-5-4-6-8-15/h4-10,13H2,1-3H3. The lowest BCUT2D eigenvalue weighted by Gasteiger charge is -2.34. The first-order chi connectivity index (χ1) is 7.46. The molecule has 16 heavy (non-hydrogen) atoms. The number of piperidine rings is 1. The molecule has 0 aromatic rings. The fraction of sp³-hybridized carbons (Fsp3) is 0.917. The lowest BCUT2D eigenvalue weighted by atomic mass is 9.93. The molecule has 2 N–H and O–H groups in total. The van der Waals surface area contributed by atoms with Gasteiger partial charge >= 0.3 is 6.03 Å². The van der Waals surface area contributed by atoms with Crippen molar-refractivity contribution in [2.45, 2.75) is 33.1 Å². The number of urea groups is 1. The molecule has 0 unspecified atom stereocenters. The molecule has 0 aromatic carbocycles. The smallest absolute Gasteiger partial charge is 0.319 e. The van der Waals surface area contributed by atoms with Crippen LogP contribution in [0.25, 0.3) is 0 Å². The number of carbonyl (C=O) groups excluding carboxylic acids is 1. The summed E-state index contributed by atoms with van der Waals surface area (Å²) in [5.41, 5.74) is 5.68. The third-order valence-electron chi connectivity index (χ3n) is 3.17. The van der Waals surface area contributed by atoms with Crippen LogP contribution in [0.15, 0.2) is 0 Å². The Hall–Kier alpha value is -0.770. The van der Waals surface area contributed by atoms with Gasteiger partial charge in [0.2, 0.25) is 0 Å². The monoisotopic (exact) mass is 227 g/mol. The molecule has 0 bridgehead atoms. The number of nitrogens with zero attached hydrogens (tertiary/aromatic N) is 2. The predicted octanol–water partition coefficient (Wildman–Crippen LogP) is 1.51. The quantitative estimate of drug-likeness (QED) is 0.794. The average Bonchev–Trinajstić information content (AvgIpc) is 2.28. The van der Waals surface area contributed by atoms with Crippen molar-refractivity contribution < 1.29 is 4.79 Å². The summed E-state index contributed by atoms with van der Waals surface area (Å²) < 4.78 is 0. The average molecular weight is 227 g/mol. The zero-order valence-corrected chi connectivity index (χ0v) is 10.8. The number of hydrogen-bond acceptors (Lipinski definition) is 2. The highest BCUT2D eigenvalue weighted by Gasteiger charge is 2.25. The first-order valence-corrected chi connectivity index (χ1v) is 6.16. The second-order valence-electron chi connectivity index (χ2n) is 5.55. The van der Waals surface area contributed by atoms with Crippen molar-refractivity contribution in [1.82, 2.24) is 9.80 Å². The predicted molar refractivity (Wildman–Crippen MR) is 66.3 cm³/mol. The molecule has 0 radical (unpaired) electrons. The van der Waals surface area contributed by atoms with Gasteiger partial charge in [0.25, 0.3) is 0 Å². The molecule has 0 spiro atoms. The first-order valence-electron chi connectivity index (χ1n) is 6.16. The van der Waals surface area contributed by atoms with Gasteiger partial charge < -0.3 is 15.5 Å². The maximum Gasteiger partial charge on any atom is 0.319 e. The van der Waals surface area contributed by atoms with Crippen LogP contribution in [0.4, 0.5) is 4.79 Å². The highest BCUT2D eigenvalue weighted by Crippen LogP contribution is 2.16. The first kappa shape index (κ1) is 13.3. The lowest BCUT2D eigenvalue weighted by molar-refractivity contribution is 0.137. The van der Waals surface area contributed by atoms with E-state index in [-0.39, 0.29) is 11.4 Å². The maximum absolute atomic E-state index is 12.1. The van der Waals surface area contributed by atoms with E-state index in [0.29, 0.717) is 6.54 Å². The molecule has 2 amide bonds. The molecular weight excluding hydrogens is 202 g/mol. The second-order valence-corrected chi connectivity index (χ2v) is 5.55. The van der Waals surface area contributed by atoms with E-state index in [2.05, 4.69) is 13.8 Å². The van der Waals surface area contributed by atoms with Crippen LogP contribution >= 0.6 is 0 Å². The van der Waals surface area contributed by atoms with Crippen molar-refractivity contribution in [3.8, 4) is 0 Å². The fourth-order valence-corrected chi connectivity index (χ4v) is 2.10. The van der Waals surface area contributed by atoms with Crippen molar-refractivity contribution in [2.75, 3.05) is 33.2 Å². The van der Waals surface area contributed by atoms with Crippen LogP contribution in [0, 0.1) is 5.41 Å². The zero-order valence-electron chi connectivity index (χ0n) is 10.8. The number of carbonyl (C=O) groups is 1. The highest BCUT2D eigenvalue weighted by molar-refractivity contribution is 5.74. The lowest BCUT2D eigenvalue weighted by Crippen LogP contribution is -2.47. The number of nitrogens with two attached hydrogens (primary N) is 1. The molecule has 1 rings (SSSR count). The van der Waals surface area contributed by atoms with E-state index in [0.717, 1.165) is 32.5 Å². The van der Waals surface area contributed by atoms with E-state index in [1.807, 2.05) is 11.9 Å². The Morgan fingerprint density at radius 1 is 1.31 bits per heavy atom. The largest absolute Gasteiger partial charge is 0.330 e. The molecule has 1 fully saturated rings. The Balaban J connectivity index is 2.46. The van der Waals surface area contributed by atoms with Crippen LogP contribution in [-0.4, -0.2) is 49.1 Å². The van der Waals surface area contributed by atoms with Crippen LogP contribution in [-0.2, 0) is 0 Å². The van der Waals surface area contributed by atoms with Crippen LogP contribution in [0.1, 0.15) is 33.1 Å². The summed E-state index contributed by atoms with van der Waals surface area (Å²) in [6, 6.07) is 0.154. The summed E-state index contributed by atoms with van der Waals surface area (Å²) in [5.74, 6) is 0. The van der Waals surface area contributed by atoms with Crippen molar-refractivity contribution in [3.05, 3.63) is 0 Å². The SMILES string of the molecule is CN(CC(C)(C)CN)C(=O)N1CCCCC1. The van der Waals surface area contributed by atoms with Crippen molar-refractivity contribution in [3.63, 3.8) is 0 Å². The van der Waals surface area contributed by atoms with E-state index in [1.165, 1.54) is 6.42 Å². The molecule has 4 heteroatoms. The normalized spacial score (nSPS) is 17.4. The fourth-order valence-electron chi connectivity index (χ4n) is 2.10. The summed E-state index contributed by atoms with van der Waals surface area (Å²) in [4.78, 5) is 15.9. The minimum Gasteiger partial charge on any atom is -0.330 e. The summed E-state index contributed by atoms with van der Waals surface area (Å²) in [7, 11) is 1.87. The molecule has 1 heterocycles. The third-order valence-corrected chi connectivity index (χ3v) is 3.17. The van der Waals surface area contributed by atoms with Gasteiger partial charge in [-0.3, -0.25) is 0 Å². The summed E-state index contributed by atoms with van der Waals surface area (Å²) >= 11 is 0. The highest BCUT2D eigenvalue weighted by atomic mass is 16.2. The number of amides is 2. The topological polar surface area (TPSA) is 49.6 Å². The van der Waals surface area contributed by atoms with Crippen LogP contribution in [0.5, 0.6) is 0 Å². The van der Waals surface area contributed by atoms with E-state index < -0.39 is 0 Å². The van der Waals surface area contributed by atoms with E-state index >= 15 is 0 Å². The molecular formula is C12H25N3O. The van der Waals surface area contributed by atoms with Crippen molar-refractivity contribution in [1.29, 1.82) is 0 Å². The molecule has 1 saturated heterocycles. The maximum atomic E-state index is 12.1. The Morgan fingerprint density at radius 2 is 1.88 bits per heavy atom. The van der Waals surface area contributed by atoms with Crippen molar-refractivity contribution in [2.24, 2.45) is 11.1 Å². The Labute approximate surface area is 98.8 Å². The minimum atomic E-state index is 0.000195. The van der Waals surface area contributed by atoms with Gasteiger partial charge in [-0.25, -0.2) is 4.79 Å². The van der Waals surface area contributed by atoms with Gasteiger partial charge in [0.05, 0.1) is 0 Å². The summed E-state index contributed by atoms with van der Waals surface area (Å²) in [6.07, 6.45) is 3.53. The molecule has 94 valence electrons. The van der Waals surface area contributed by atoms with Gasteiger partial charge in [-0.15, -0.1) is 0 Å². The number of hydrogen-bond donors (Lipinski definition) is 1. The van der Waals surface area contributed by atoms with E-state index in [9.17, 15) is 4.79 Å². The van der Waals surface area contributed by atoms with Gasteiger partial charge in [0.1, 0.15) is 0 Å². The van der Waals surface area contributed by atoms with Gasteiger partial charge in [0.15, 0.2) is 0 Å². The van der Waals surface area contributed by atoms with Crippen LogP contribution < -0.4 is 5.73 Å². The van der Waals surface area contributed by atoms with Gasteiger partial charge in [-0.2, -0.15) is 0 Å². The van der Waals surface area contributed by atoms with Crippen molar-refractivity contribution >= 4 is 6.03 Å². The molecule has 1 aliphatic heterocycles. The Bertz CT molecular complexity index is 234. The van der Waals surface area contributed by atoms with Crippen LogP contribution in [0.2, 0.25) is 0 Å². The van der Waals surface area contributed by atoms with Gasteiger partial charge in [0, 0.05) is 26.7 Å². The molecule has 0 saturated carbocycles. The molecule has 0 aliphatic carbocycles. The number of likely N-dealkylation sites (tertiary alicyclic amines) is 1. The van der Waals surface area contributed by atoms with Gasteiger partial charge in [-0.1, -0.05) is 13.8 Å². The Morgan fingerprint density at radius 3 is 2.38 bits per heavy atom. The molecule has 0 aromatic heterocycles. The zero-order chi connectivity index (χ0) is 12.2. The van der Waals surface area contributed by atoms with E-state index in [4.69, 9.17) is 5.73 Å². The van der Waals surface area contributed by atoms with Crippen LogP contribution in [0.3, 0.4) is 0 Å². The second kappa shape index (κ2) is 5.53. The molecule has 4 nitrogen and oxygen atoms in total. The third kappa shape index (κ3) is 3.67. The summed E-state index contributed by atoms with van der Waals surface area (Å²) in [6.45, 7) is 7.32. The van der Waals surface area contributed by atoms with Gasteiger partial charge in [-0.05, 0) is 31.2 Å². The van der Waals surface area contributed by atoms with E-state index in [1.54, 1.807) is 4.90 Å². The summed E-state index contributed by atoms with van der Waals surface area (Å²) in [5, 5.41) is 0. The number of rotatable bonds is 3. The Kier molecular flexibility index (Phi) is 4.59.